The van der Waals surface area contributed by atoms with Crippen molar-refractivity contribution < 1.29 is 0 Å². The summed E-state index contributed by atoms with van der Waals surface area (Å²) in [6.45, 7) is 0. The minimum Gasteiger partial charge on any atom is -0.227 e. The zero-order valence-electron chi connectivity index (χ0n) is 22.9. The number of hydrogen-bond acceptors (Lipinski definition) is 9. The van der Waals surface area contributed by atoms with E-state index in [4.69, 9.17) is 70.5 Å². The fraction of sp³-hybridized carbons (Fsp3) is 0. The highest BCUT2D eigenvalue weighted by Crippen LogP contribution is 2.53. The highest BCUT2D eigenvalue weighted by Gasteiger charge is 2.33. The predicted molar refractivity (Wildman–Crippen MR) is 191 cm³/mol. The SMILES string of the molecule is Sc1ccc2c(c1)-c1nc3c4ccc(S)cc4c4nc5c6c(nc7c8cc(S)ccc8c(nc-2c16)n7Nn34)-c1cc(S)ccc1-5. The fourth-order valence-corrected chi connectivity index (χ4v) is 8.05. The lowest BCUT2D eigenvalue weighted by molar-refractivity contribution is 0.811. The van der Waals surface area contributed by atoms with E-state index < -0.39 is 0 Å². The van der Waals surface area contributed by atoms with Crippen molar-refractivity contribution >= 4 is 105 Å². The summed E-state index contributed by atoms with van der Waals surface area (Å²) in [6.07, 6.45) is 0. The minimum atomic E-state index is 0.714. The Morgan fingerprint density at radius 2 is 0.756 bits per heavy atom. The zero-order valence-corrected chi connectivity index (χ0v) is 26.5. The average molecular weight is 652 g/mol. The van der Waals surface area contributed by atoms with E-state index in [0.29, 0.717) is 11.3 Å². The largest absolute Gasteiger partial charge is 0.227 e. The van der Waals surface area contributed by atoms with Crippen LogP contribution in [0, 0.1) is 0 Å². The molecule has 4 aromatic carbocycles. The van der Waals surface area contributed by atoms with E-state index in [1.54, 1.807) is 0 Å². The fourth-order valence-electron chi connectivity index (χ4n) is 7.23. The van der Waals surface area contributed by atoms with Gasteiger partial charge in [0, 0.05) is 74.2 Å². The summed E-state index contributed by atoms with van der Waals surface area (Å²) in [5, 5.41) is 5.57. The molecule has 0 amide bonds. The van der Waals surface area contributed by atoms with Gasteiger partial charge < -0.3 is 0 Å². The van der Waals surface area contributed by atoms with Gasteiger partial charge in [0.15, 0.2) is 22.6 Å². The Balaban J connectivity index is 1.58. The van der Waals surface area contributed by atoms with Crippen molar-refractivity contribution in [3.63, 3.8) is 0 Å². The first-order chi connectivity index (χ1) is 21.9. The maximum atomic E-state index is 5.51. The van der Waals surface area contributed by atoms with E-state index >= 15 is 0 Å². The standard InChI is InChI=1S/C34H17N7S4/c42-13-1-5-17-21(9-13)29-25-26-28-18-6-2-14(43)10-22(18)30(26)38-34-24-12-16(45)3-7-19(24)31(35-27(17)25)40(34)39-41-32(37-29)20-8-4-15(44)11-23(20)33(41)36-28/h1-12,39,42-45H. The van der Waals surface area contributed by atoms with Gasteiger partial charge in [-0.15, -0.1) is 50.5 Å². The van der Waals surface area contributed by atoms with E-state index in [1.807, 2.05) is 33.6 Å². The van der Waals surface area contributed by atoms with E-state index in [9.17, 15) is 0 Å². The molecule has 4 aliphatic rings. The van der Waals surface area contributed by atoms with Crippen LogP contribution in [0.4, 0.5) is 0 Å². The van der Waals surface area contributed by atoms with Crippen molar-refractivity contribution in [1.82, 2.24) is 29.3 Å². The van der Waals surface area contributed by atoms with Gasteiger partial charge in [-0.3, -0.25) is 0 Å². The van der Waals surface area contributed by atoms with E-state index in [0.717, 1.165) is 108 Å². The molecule has 212 valence electrons. The second-order valence-corrected chi connectivity index (χ2v) is 13.6. The number of hydrogen-bond donors (Lipinski definition) is 5. The molecule has 12 bridgehead atoms. The van der Waals surface area contributed by atoms with Gasteiger partial charge in [0.2, 0.25) is 0 Å². The molecule has 4 aromatic heterocycles. The normalized spacial score (nSPS) is 13.1. The quantitative estimate of drug-likeness (QED) is 0.106. The number of nitrogens with one attached hydrogen (secondary N) is 1. The van der Waals surface area contributed by atoms with Gasteiger partial charge in [-0.05, 0) is 60.7 Å². The molecule has 12 rings (SSSR count). The van der Waals surface area contributed by atoms with E-state index in [2.05, 4.69) is 54.1 Å². The van der Waals surface area contributed by atoms with Crippen LogP contribution < -0.4 is 5.53 Å². The first-order valence-electron chi connectivity index (χ1n) is 14.2. The Hall–Kier alpha value is -4.42. The van der Waals surface area contributed by atoms with Gasteiger partial charge in [-0.2, -0.15) is 0 Å². The molecule has 0 radical (unpaired) electrons. The van der Waals surface area contributed by atoms with Gasteiger partial charge in [0.05, 0.1) is 22.8 Å². The summed E-state index contributed by atoms with van der Waals surface area (Å²) in [5.74, 6) is 0. The molecule has 8 aromatic rings. The Labute approximate surface area is 276 Å². The van der Waals surface area contributed by atoms with E-state index in [1.165, 1.54) is 0 Å². The summed E-state index contributed by atoms with van der Waals surface area (Å²) >= 11 is 19.0. The second kappa shape index (κ2) is 8.24. The molecule has 45 heavy (non-hydrogen) atoms. The van der Waals surface area contributed by atoms with Crippen LogP contribution in [0.3, 0.4) is 0 Å². The molecule has 6 heterocycles. The molecule has 2 aliphatic carbocycles. The van der Waals surface area contributed by atoms with Crippen LogP contribution in [-0.2, 0) is 0 Å². The number of rotatable bonds is 0. The average Bonchev–Trinajstić information content (AvgIpc) is 3.67. The first-order valence-corrected chi connectivity index (χ1v) is 16.0. The van der Waals surface area contributed by atoms with Crippen LogP contribution in [-0.4, -0.2) is 29.3 Å². The van der Waals surface area contributed by atoms with Crippen LogP contribution in [0.15, 0.2) is 92.4 Å². The predicted octanol–water partition coefficient (Wildman–Crippen LogP) is 8.53. The summed E-state index contributed by atoms with van der Waals surface area (Å²) in [6, 6.07) is 24.6. The minimum absolute atomic E-state index is 0.714. The summed E-state index contributed by atoms with van der Waals surface area (Å²) in [4.78, 5) is 25.4. The van der Waals surface area contributed by atoms with Crippen LogP contribution in [0.2, 0.25) is 0 Å². The third kappa shape index (κ3) is 3.04. The molecule has 2 aliphatic heterocycles. The number of thiol groups is 4. The molecule has 0 saturated heterocycles. The van der Waals surface area contributed by atoms with Crippen molar-refractivity contribution in [2.75, 3.05) is 5.53 Å². The molecule has 0 unspecified atom stereocenters. The Bertz CT molecular complexity index is 2850. The molecular formula is C34H17N7S4. The molecule has 1 N–H and O–H groups in total. The van der Waals surface area contributed by atoms with Gasteiger partial charge in [0.25, 0.3) is 0 Å². The molecule has 7 nitrogen and oxygen atoms in total. The monoisotopic (exact) mass is 651 g/mol. The van der Waals surface area contributed by atoms with Gasteiger partial charge >= 0.3 is 0 Å². The summed E-state index contributed by atoms with van der Waals surface area (Å²) < 4.78 is 3.92. The zero-order chi connectivity index (χ0) is 29.9. The molecule has 11 heteroatoms. The lowest BCUT2D eigenvalue weighted by atomic mass is 10.1. The first kappa shape index (κ1) is 24.8. The third-order valence-electron chi connectivity index (χ3n) is 9.11. The van der Waals surface area contributed by atoms with Crippen LogP contribution in [0.1, 0.15) is 0 Å². The molecule has 0 spiro atoms. The Kier molecular flexibility index (Phi) is 4.55. The highest BCUT2D eigenvalue weighted by molar-refractivity contribution is 7.80. The highest BCUT2D eigenvalue weighted by atomic mass is 32.1. The smallest absolute Gasteiger partial charge is 0.163 e. The topological polar surface area (TPSA) is 73.4 Å². The number of benzene rings is 4. The molecule has 0 atom stereocenters. The Morgan fingerprint density at radius 3 is 1.20 bits per heavy atom. The maximum absolute atomic E-state index is 5.51. The van der Waals surface area contributed by atoms with Gasteiger partial charge in [0.1, 0.15) is 0 Å². The van der Waals surface area contributed by atoms with Crippen LogP contribution >= 0.6 is 50.5 Å². The number of aromatic nitrogens is 6. The van der Waals surface area contributed by atoms with Crippen LogP contribution in [0.5, 0.6) is 0 Å². The van der Waals surface area contributed by atoms with Crippen molar-refractivity contribution in [2.45, 2.75) is 19.6 Å². The number of fused-ring (bicyclic) bond motifs is 4. The van der Waals surface area contributed by atoms with Crippen LogP contribution in [0.25, 0.3) is 99.9 Å². The van der Waals surface area contributed by atoms with Crippen molar-refractivity contribution in [3.8, 4) is 45.0 Å². The molecule has 0 saturated carbocycles. The van der Waals surface area contributed by atoms with E-state index in [-0.39, 0.29) is 0 Å². The summed E-state index contributed by atoms with van der Waals surface area (Å²) in [5.41, 5.74) is 13.7. The van der Waals surface area contributed by atoms with Gasteiger partial charge in [-0.25, -0.2) is 34.8 Å². The summed E-state index contributed by atoms with van der Waals surface area (Å²) in [7, 11) is 0. The maximum Gasteiger partial charge on any atom is 0.163 e. The molecular weight excluding hydrogens is 635 g/mol. The van der Waals surface area contributed by atoms with Gasteiger partial charge in [-0.1, -0.05) is 12.1 Å². The lowest BCUT2D eigenvalue weighted by Crippen LogP contribution is -2.22. The van der Waals surface area contributed by atoms with Crippen molar-refractivity contribution in [2.24, 2.45) is 0 Å². The van der Waals surface area contributed by atoms with Crippen molar-refractivity contribution in [3.05, 3.63) is 72.8 Å². The second-order valence-electron chi connectivity index (χ2n) is 11.6. The van der Waals surface area contributed by atoms with Crippen molar-refractivity contribution in [1.29, 1.82) is 0 Å². The molecule has 0 fully saturated rings. The lowest BCUT2D eigenvalue weighted by Gasteiger charge is -2.12. The Morgan fingerprint density at radius 1 is 0.400 bits per heavy atom. The third-order valence-corrected chi connectivity index (χ3v) is 10.2. The number of nitrogens with zero attached hydrogens (tertiary/aromatic N) is 6.